The number of fused-ring (bicyclic) bond motifs is 1. The van der Waals surface area contributed by atoms with Gasteiger partial charge < -0.3 is 14.8 Å². The highest BCUT2D eigenvalue weighted by molar-refractivity contribution is 5.65. The first-order valence-corrected chi connectivity index (χ1v) is 9.14. The van der Waals surface area contributed by atoms with Gasteiger partial charge in [0, 0.05) is 18.1 Å². The summed E-state index contributed by atoms with van der Waals surface area (Å²) >= 11 is 0. The summed E-state index contributed by atoms with van der Waals surface area (Å²) in [6.07, 6.45) is 0.950. The first kappa shape index (κ1) is 17.3. The topological polar surface area (TPSA) is 56.3 Å². The van der Waals surface area contributed by atoms with E-state index in [1.807, 2.05) is 37.3 Å². The minimum Gasteiger partial charge on any atom is -0.497 e. The number of hydrogen-bond donors (Lipinski definition) is 1. The number of aryl methyl sites for hydroxylation is 1. The SMILES string of the molecule is COc1cccc([C@H](C)Nc2cc(-c3ccc4c(c3)CCO4)nc(C)n2)c1. The highest BCUT2D eigenvalue weighted by Gasteiger charge is 2.14. The van der Waals surface area contributed by atoms with Gasteiger partial charge >= 0.3 is 0 Å². The molecule has 0 saturated carbocycles. The van der Waals surface area contributed by atoms with Crippen molar-refractivity contribution in [2.75, 3.05) is 19.0 Å². The second kappa shape index (κ2) is 7.27. The quantitative estimate of drug-likeness (QED) is 0.721. The molecule has 1 aromatic heterocycles. The Labute approximate surface area is 159 Å². The summed E-state index contributed by atoms with van der Waals surface area (Å²) in [6, 6.07) is 16.4. The van der Waals surface area contributed by atoms with E-state index in [-0.39, 0.29) is 6.04 Å². The van der Waals surface area contributed by atoms with E-state index in [4.69, 9.17) is 9.47 Å². The largest absolute Gasteiger partial charge is 0.497 e. The van der Waals surface area contributed by atoms with Crippen LogP contribution in [0.25, 0.3) is 11.3 Å². The molecule has 5 heteroatoms. The molecule has 2 aromatic carbocycles. The van der Waals surface area contributed by atoms with Crippen molar-refractivity contribution in [2.45, 2.75) is 26.3 Å². The van der Waals surface area contributed by atoms with Gasteiger partial charge in [0.25, 0.3) is 0 Å². The summed E-state index contributed by atoms with van der Waals surface area (Å²) in [6.45, 7) is 4.78. The number of benzene rings is 2. The van der Waals surface area contributed by atoms with E-state index in [2.05, 4.69) is 40.4 Å². The Morgan fingerprint density at radius 1 is 1.11 bits per heavy atom. The van der Waals surface area contributed by atoms with Crippen LogP contribution >= 0.6 is 0 Å². The van der Waals surface area contributed by atoms with Crippen molar-refractivity contribution < 1.29 is 9.47 Å². The fourth-order valence-corrected chi connectivity index (χ4v) is 3.35. The zero-order valence-electron chi connectivity index (χ0n) is 15.8. The maximum absolute atomic E-state index is 5.60. The third-order valence-electron chi connectivity index (χ3n) is 4.78. The first-order valence-electron chi connectivity index (χ1n) is 9.14. The van der Waals surface area contributed by atoms with Gasteiger partial charge in [-0.3, -0.25) is 0 Å². The molecule has 0 bridgehead atoms. The van der Waals surface area contributed by atoms with Crippen LogP contribution in [0.1, 0.15) is 29.9 Å². The minimum atomic E-state index is 0.0932. The summed E-state index contributed by atoms with van der Waals surface area (Å²) in [5.41, 5.74) is 4.38. The van der Waals surface area contributed by atoms with Gasteiger partial charge in [-0.05, 0) is 55.3 Å². The number of nitrogens with one attached hydrogen (secondary N) is 1. The van der Waals surface area contributed by atoms with E-state index < -0.39 is 0 Å². The van der Waals surface area contributed by atoms with E-state index in [1.165, 1.54) is 5.56 Å². The smallest absolute Gasteiger partial charge is 0.130 e. The Hall–Kier alpha value is -3.08. The number of ether oxygens (including phenoxy) is 2. The van der Waals surface area contributed by atoms with Crippen molar-refractivity contribution in [3.8, 4) is 22.8 Å². The molecule has 0 spiro atoms. The molecule has 27 heavy (non-hydrogen) atoms. The van der Waals surface area contributed by atoms with Gasteiger partial charge in [-0.25, -0.2) is 9.97 Å². The molecule has 0 radical (unpaired) electrons. The minimum absolute atomic E-state index is 0.0932. The van der Waals surface area contributed by atoms with Crippen LogP contribution in [0.5, 0.6) is 11.5 Å². The molecule has 3 aromatic rings. The monoisotopic (exact) mass is 361 g/mol. The van der Waals surface area contributed by atoms with Crippen molar-refractivity contribution in [1.82, 2.24) is 9.97 Å². The predicted molar refractivity (Wildman–Crippen MR) is 106 cm³/mol. The standard InChI is InChI=1S/C22H23N3O2/c1-14(16-5-4-6-19(12-16)26-3)23-22-13-20(24-15(2)25-22)17-7-8-21-18(11-17)9-10-27-21/h4-8,11-14H,9-10H2,1-3H3,(H,23,24,25)/t14-/m0/s1. The lowest BCUT2D eigenvalue weighted by Crippen LogP contribution is -2.09. The molecule has 5 nitrogen and oxygen atoms in total. The number of nitrogens with zero attached hydrogens (tertiary/aromatic N) is 2. The summed E-state index contributed by atoms with van der Waals surface area (Å²) in [7, 11) is 1.68. The second-order valence-corrected chi connectivity index (χ2v) is 6.75. The summed E-state index contributed by atoms with van der Waals surface area (Å²) in [4.78, 5) is 9.19. The Morgan fingerprint density at radius 2 is 2.00 bits per heavy atom. The molecule has 0 unspecified atom stereocenters. The molecule has 0 amide bonds. The molecule has 2 heterocycles. The lowest BCUT2D eigenvalue weighted by molar-refractivity contribution is 0.357. The number of rotatable bonds is 5. The zero-order valence-corrected chi connectivity index (χ0v) is 15.8. The Balaban J connectivity index is 1.60. The van der Waals surface area contributed by atoms with Crippen molar-refractivity contribution in [2.24, 2.45) is 0 Å². The number of anilines is 1. The first-order chi connectivity index (χ1) is 13.1. The van der Waals surface area contributed by atoms with Crippen LogP contribution in [0.3, 0.4) is 0 Å². The molecule has 1 aliphatic rings. The van der Waals surface area contributed by atoms with Crippen LogP contribution in [-0.2, 0) is 6.42 Å². The highest BCUT2D eigenvalue weighted by Crippen LogP contribution is 2.31. The van der Waals surface area contributed by atoms with Gasteiger partial charge in [0.2, 0.25) is 0 Å². The van der Waals surface area contributed by atoms with Crippen molar-refractivity contribution in [1.29, 1.82) is 0 Å². The van der Waals surface area contributed by atoms with Gasteiger partial charge in [-0.15, -0.1) is 0 Å². The summed E-state index contributed by atoms with van der Waals surface area (Å²) in [5.74, 6) is 3.38. The van der Waals surface area contributed by atoms with Crippen molar-refractivity contribution in [3.05, 3.63) is 65.5 Å². The Bertz CT molecular complexity index is 972. The molecule has 1 atom stereocenters. The molecule has 1 N–H and O–H groups in total. The van der Waals surface area contributed by atoms with Crippen LogP contribution in [0.15, 0.2) is 48.5 Å². The highest BCUT2D eigenvalue weighted by atomic mass is 16.5. The summed E-state index contributed by atoms with van der Waals surface area (Å²) < 4.78 is 10.9. The Morgan fingerprint density at radius 3 is 2.85 bits per heavy atom. The molecular formula is C22H23N3O2. The van der Waals surface area contributed by atoms with E-state index >= 15 is 0 Å². The van der Waals surface area contributed by atoms with Gasteiger partial charge in [-0.2, -0.15) is 0 Å². The van der Waals surface area contributed by atoms with Crippen molar-refractivity contribution >= 4 is 5.82 Å². The maximum Gasteiger partial charge on any atom is 0.130 e. The fraction of sp³-hybridized carbons (Fsp3) is 0.273. The van der Waals surface area contributed by atoms with Gasteiger partial charge in [0.1, 0.15) is 23.1 Å². The number of methoxy groups -OCH3 is 1. The van der Waals surface area contributed by atoms with Crippen LogP contribution in [0, 0.1) is 6.92 Å². The molecule has 1 aliphatic heterocycles. The van der Waals surface area contributed by atoms with Crippen LogP contribution in [-0.4, -0.2) is 23.7 Å². The summed E-state index contributed by atoms with van der Waals surface area (Å²) in [5, 5.41) is 3.48. The lowest BCUT2D eigenvalue weighted by atomic mass is 10.1. The maximum atomic E-state index is 5.60. The van der Waals surface area contributed by atoms with Crippen LogP contribution in [0.4, 0.5) is 5.82 Å². The van der Waals surface area contributed by atoms with Crippen molar-refractivity contribution in [3.63, 3.8) is 0 Å². The predicted octanol–water partition coefficient (Wildman–Crippen LogP) is 4.57. The fourth-order valence-electron chi connectivity index (χ4n) is 3.35. The normalized spacial score (nSPS) is 13.6. The van der Waals surface area contributed by atoms with E-state index in [9.17, 15) is 0 Å². The van der Waals surface area contributed by atoms with Gasteiger partial charge in [0.15, 0.2) is 0 Å². The molecule has 4 rings (SSSR count). The number of hydrogen-bond acceptors (Lipinski definition) is 5. The third-order valence-corrected chi connectivity index (χ3v) is 4.78. The molecule has 0 saturated heterocycles. The van der Waals surface area contributed by atoms with E-state index in [1.54, 1.807) is 7.11 Å². The van der Waals surface area contributed by atoms with Gasteiger partial charge in [-0.1, -0.05) is 12.1 Å². The molecule has 138 valence electrons. The third kappa shape index (κ3) is 3.72. The van der Waals surface area contributed by atoms with Crippen LogP contribution in [0.2, 0.25) is 0 Å². The molecular weight excluding hydrogens is 338 g/mol. The lowest BCUT2D eigenvalue weighted by Gasteiger charge is -2.17. The molecule has 0 aliphatic carbocycles. The Kier molecular flexibility index (Phi) is 4.67. The number of aromatic nitrogens is 2. The average molecular weight is 361 g/mol. The average Bonchev–Trinajstić information content (AvgIpc) is 3.15. The zero-order chi connectivity index (χ0) is 18.8. The van der Waals surface area contributed by atoms with Gasteiger partial charge in [0.05, 0.1) is 25.5 Å². The second-order valence-electron chi connectivity index (χ2n) is 6.75. The van der Waals surface area contributed by atoms with E-state index in [0.29, 0.717) is 0 Å². The molecule has 0 fully saturated rings. The van der Waals surface area contributed by atoms with E-state index in [0.717, 1.165) is 53.0 Å². The van der Waals surface area contributed by atoms with Crippen LogP contribution < -0.4 is 14.8 Å².